The van der Waals surface area contributed by atoms with E-state index in [1.807, 2.05) is 26.0 Å². The molecule has 0 atom stereocenters. The van der Waals surface area contributed by atoms with E-state index in [9.17, 15) is 16.8 Å². The van der Waals surface area contributed by atoms with E-state index in [1.54, 1.807) is 25.1 Å². The number of halogens is 1. The highest BCUT2D eigenvalue weighted by atomic mass is 35.7. The number of rotatable bonds is 3. The molecule has 0 spiro atoms. The van der Waals surface area contributed by atoms with Crippen molar-refractivity contribution in [3.05, 3.63) is 53.1 Å². The van der Waals surface area contributed by atoms with E-state index in [0.717, 1.165) is 5.56 Å². The number of hydrogen-bond acceptors (Lipinski definition) is 4. The Morgan fingerprint density at radius 2 is 1.60 bits per heavy atom. The third-order valence-electron chi connectivity index (χ3n) is 5.24. The molecule has 2 aromatic rings. The van der Waals surface area contributed by atoms with Crippen molar-refractivity contribution in [1.82, 2.24) is 0 Å². The zero-order valence-corrected chi connectivity index (χ0v) is 16.6. The lowest BCUT2D eigenvalue weighted by Crippen LogP contribution is -2.34. The molecule has 0 N–H and O–H groups in total. The Balaban J connectivity index is 2.52. The smallest absolute Gasteiger partial charge is 0.218 e. The Morgan fingerprint density at radius 3 is 2.16 bits per heavy atom. The van der Waals surface area contributed by atoms with Gasteiger partial charge in [0, 0.05) is 16.1 Å². The molecule has 7 heteroatoms. The molecule has 1 aliphatic rings. The summed E-state index contributed by atoms with van der Waals surface area (Å²) in [6, 6.07) is 9.85. The zero-order valence-electron chi connectivity index (χ0n) is 14.2. The van der Waals surface area contributed by atoms with Crippen LogP contribution in [0.25, 0.3) is 0 Å². The topological polar surface area (TPSA) is 68.3 Å². The van der Waals surface area contributed by atoms with Gasteiger partial charge in [0.15, 0.2) is 0 Å². The first-order chi connectivity index (χ1) is 11.6. The summed E-state index contributed by atoms with van der Waals surface area (Å²) in [6.07, 6.45) is 1.41. The van der Waals surface area contributed by atoms with Crippen molar-refractivity contribution in [2.75, 3.05) is 0 Å². The summed E-state index contributed by atoms with van der Waals surface area (Å²) in [7, 11) is -2.34. The number of fused-ring (bicyclic) bond motifs is 2. The second kappa shape index (κ2) is 5.83. The van der Waals surface area contributed by atoms with Crippen LogP contribution < -0.4 is 0 Å². The van der Waals surface area contributed by atoms with Crippen LogP contribution >= 0.6 is 10.7 Å². The van der Waals surface area contributed by atoms with Crippen LogP contribution in [-0.4, -0.2) is 16.8 Å². The highest BCUT2D eigenvalue weighted by molar-refractivity contribution is 8.13. The first-order valence-electron chi connectivity index (χ1n) is 8.04. The number of aryl methyl sites for hydroxylation is 1. The summed E-state index contributed by atoms with van der Waals surface area (Å²) < 4.78 is 50.1. The van der Waals surface area contributed by atoms with E-state index in [0.29, 0.717) is 24.0 Å². The molecule has 1 aliphatic heterocycles. The Kier molecular flexibility index (Phi) is 4.29. The maximum absolute atomic E-state index is 13.2. The third-order valence-corrected chi connectivity index (χ3v) is 8.56. The largest absolute Gasteiger partial charge is 0.261 e. The second-order valence-electron chi connectivity index (χ2n) is 6.34. The molecule has 3 rings (SSSR count). The van der Waals surface area contributed by atoms with Crippen molar-refractivity contribution in [3.8, 4) is 0 Å². The Labute approximate surface area is 153 Å². The standard InChI is InChI=1S/C18H19ClO4S2/c1-4-18(5-2)13-8-6-7-9-15(13)24(20,21)17-11-16(25(19,22)23)12(3)10-14(17)18/h6-11H,4-5H2,1-3H3. The molecule has 1 heterocycles. The van der Waals surface area contributed by atoms with E-state index in [4.69, 9.17) is 10.7 Å². The predicted molar refractivity (Wildman–Crippen MR) is 97.5 cm³/mol. The van der Waals surface area contributed by atoms with Gasteiger partial charge in [-0.25, -0.2) is 16.8 Å². The van der Waals surface area contributed by atoms with E-state index in [2.05, 4.69) is 0 Å². The molecule has 0 fully saturated rings. The summed E-state index contributed by atoms with van der Waals surface area (Å²) in [5.41, 5.74) is 1.40. The molecular formula is C18H19ClO4S2. The van der Waals surface area contributed by atoms with Crippen molar-refractivity contribution >= 4 is 29.6 Å². The molecule has 0 bridgehead atoms. The van der Waals surface area contributed by atoms with Crippen LogP contribution in [0.5, 0.6) is 0 Å². The second-order valence-corrected chi connectivity index (χ2v) is 10.8. The van der Waals surface area contributed by atoms with E-state index >= 15 is 0 Å². The summed E-state index contributed by atoms with van der Waals surface area (Å²) in [5, 5.41) is 0. The average Bonchev–Trinajstić information content (AvgIpc) is 2.55. The lowest BCUT2D eigenvalue weighted by Gasteiger charge is -2.39. The molecule has 0 amide bonds. The van der Waals surface area contributed by atoms with Crippen LogP contribution in [0.1, 0.15) is 43.4 Å². The van der Waals surface area contributed by atoms with Gasteiger partial charge in [-0.3, -0.25) is 0 Å². The molecule has 2 aromatic carbocycles. The highest BCUT2D eigenvalue weighted by Gasteiger charge is 2.44. The Hall–Kier alpha value is -1.37. The number of benzene rings is 2. The maximum atomic E-state index is 13.2. The van der Waals surface area contributed by atoms with E-state index in [1.165, 1.54) is 6.07 Å². The molecule has 0 saturated carbocycles. The van der Waals surface area contributed by atoms with Gasteiger partial charge in [0.25, 0.3) is 9.05 Å². The van der Waals surface area contributed by atoms with Gasteiger partial charge in [-0.1, -0.05) is 38.1 Å². The molecule has 0 aliphatic carbocycles. The van der Waals surface area contributed by atoms with Gasteiger partial charge in [-0.15, -0.1) is 0 Å². The van der Waals surface area contributed by atoms with Crippen LogP contribution in [0.4, 0.5) is 0 Å². The quantitative estimate of drug-likeness (QED) is 0.727. The van der Waals surface area contributed by atoms with Crippen molar-refractivity contribution in [3.63, 3.8) is 0 Å². The minimum absolute atomic E-state index is 0.0414. The molecule has 0 aromatic heterocycles. The molecule has 0 radical (unpaired) electrons. The van der Waals surface area contributed by atoms with Crippen LogP contribution in [0.15, 0.2) is 51.1 Å². The molecule has 0 unspecified atom stereocenters. The van der Waals surface area contributed by atoms with Gasteiger partial charge in [0.1, 0.15) is 0 Å². The predicted octanol–water partition coefficient (Wildman–Crippen LogP) is 4.17. The van der Waals surface area contributed by atoms with Crippen LogP contribution in [0.3, 0.4) is 0 Å². The van der Waals surface area contributed by atoms with Gasteiger partial charge < -0.3 is 0 Å². The van der Waals surface area contributed by atoms with Gasteiger partial charge >= 0.3 is 0 Å². The van der Waals surface area contributed by atoms with Gasteiger partial charge in [-0.05, 0) is 48.6 Å². The summed E-state index contributed by atoms with van der Waals surface area (Å²) >= 11 is 0. The SMILES string of the molecule is CCC1(CC)c2ccccc2S(=O)(=O)c2cc(S(=O)(=O)Cl)c(C)cc21. The molecular weight excluding hydrogens is 380 g/mol. The minimum atomic E-state index is -4.04. The van der Waals surface area contributed by atoms with Crippen molar-refractivity contribution < 1.29 is 16.8 Å². The highest BCUT2D eigenvalue weighted by Crippen LogP contribution is 2.50. The minimum Gasteiger partial charge on any atom is -0.218 e. The fraction of sp³-hybridized carbons (Fsp3) is 0.333. The fourth-order valence-electron chi connectivity index (χ4n) is 3.90. The third kappa shape index (κ3) is 2.54. The normalized spacial score (nSPS) is 17.6. The summed E-state index contributed by atoms with van der Waals surface area (Å²) in [4.78, 5) is 0.129. The summed E-state index contributed by atoms with van der Waals surface area (Å²) in [6.45, 7) is 5.67. The van der Waals surface area contributed by atoms with Crippen LogP contribution in [0, 0.1) is 6.92 Å². The van der Waals surface area contributed by atoms with E-state index < -0.39 is 24.3 Å². The van der Waals surface area contributed by atoms with Crippen molar-refractivity contribution in [2.24, 2.45) is 0 Å². The summed E-state index contributed by atoms with van der Waals surface area (Å²) in [5.74, 6) is 0. The number of hydrogen-bond donors (Lipinski definition) is 0. The first kappa shape index (κ1) is 18.4. The molecule has 4 nitrogen and oxygen atoms in total. The van der Waals surface area contributed by atoms with Crippen molar-refractivity contribution in [2.45, 2.75) is 53.7 Å². The monoisotopic (exact) mass is 398 g/mol. The number of sulfone groups is 1. The fourth-order valence-corrected chi connectivity index (χ4v) is 7.04. The maximum Gasteiger partial charge on any atom is 0.261 e. The van der Waals surface area contributed by atoms with Gasteiger partial charge in [0.05, 0.1) is 14.7 Å². The molecule has 0 saturated heterocycles. The van der Waals surface area contributed by atoms with Crippen molar-refractivity contribution in [1.29, 1.82) is 0 Å². The first-order valence-corrected chi connectivity index (χ1v) is 11.8. The van der Waals surface area contributed by atoms with Crippen LogP contribution in [-0.2, 0) is 24.3 Å². The lowest BCUT2D eigenvalue weighted by atomic mass is 9.70. The lowest BCUT2D eigenvalue weighted by molar-refractivity contribution is 0.448. The molecule has 25 heavy (non-hydrogen) atoms. The average molecular weight is 399 g/mol. The van der Waals surface area contributed by atoms with E-state index in [-0.39, 0.29) is 14.7 Å². The van der Waals surface area contributed by atoms with Crippen LogP contribution in [0.2, 0.25) is 0 Å². The zero-order chi connectivity index (χ0) is 18.6. The van der Waals surface area contributed by atoms with Gasteiger partial charge in [-0.2, -0.15) is 0 Å². The van der Waals surface area contributed by atoms with Gasteiger partial charge in [0.2, 0.25) is 9.84 Å². The molecule has 134 valence electrons. The Morgan fingerprint density at radius 1 is 1.00 bits per heavy atom. The Bertz CT molecular complexity index is 1070.